The van der Waals surface area contributed by atoms with E-state index in [4.69, 9.17) is 9.79 Å². The van der Waals surface area contributed by atoms with Crippen molar-refractivity contribution in [2.45, 2.75) is 13.8 Å². The summed E-state index contributed by atoms with van der Waals surface area (Å²) >= 11 is 0. The zero-order chi connectivity index (χ0) is 10.8. The smallest absolute Gasteiger partial charge is 0.301 e. The molecule has 0 atom stereocenters. The first-order valence-corrected chi connectivity index (χ1v) is 5.49. The Labute approximate surface area is 81.9 Å². The number of rotatable bonds is 3. The maximum atomic E-state index is 10.4. The Kier molecular flexibility index (Phi) is 3.29. The van der Waals surface area contributed by atoms with Crippen molar-refractivity contribution < 1.29 is 19.0 Å². The minimum absolute atomic E-state index is 0.541. The molecule has 1 aromatic carbocycles. The third-order valence-corrected chi connectivity index (χ3v) is 1.99. The van der Waals surface area contributed by atoms with E-state index in [0.717, 1.165) is 11.1 Å². The van der Waals surface area contributed by atoms with Crippen molar-refractivity contribution in [1.29, 1.82) is 0 Å². The molecule has 0 saturated heterocycles. The van der Waals surface area contributed by atoms with E-state index in [1.807, 2.05) is 26.0 Å². The molecule has 0 saturated carbocycles. The number of phosphoric acid groups is 1. The van der Waals surface area contributed by atoms with Crippen LogP contribution in [0.25, 0.3) is 0 Å². The molecule has 0 aliphatic heterocycles. The summed E-state index contributed by atoms with van der Waals surface area (Å²) < 4.78 is 14.5. The van der Waals surface area contributed by atoms with Crippen LogP contribution >= 0.6 is 7.82 Å². The molecular formula is C8H12NO4P. The van der Waals surface area contributed by atoms with Gasteiger partial charge in [0.1, 0.15) is 0 Å². The molecule has 0 bridgehead atoms. The van der Waals surface area contributed by atoms with Gasteiger partial charge >= 0.3 is 7.82 Å². The highest BCUT2D eigenvalue weighted by atomic mass is 31.2. The third kappa shape index (κ3) is 3.47. The second kappa shape index (κ2) is 4.11. The van der Waals surface area contributed by atoms with E-state index in [1.54, 1.807) is 6.07 Å². The molecule has 1 rings (SSSR count). The van der Waals surface area contributed by atoms with E-state index in [1.165, 1.54) is 0 Å². The van der Waals surface area contributed by atoms with Crippen molar-refractivity contribution in [3.05, 3.63) is 29.3 Å². The Bertz CT molecular complexity index is 374. The first-order chi connectivity index (χ1) is 6.38. The van der Waals surface area contributed by atoms with Crippen LogP contribution < -0.4 is 5.48 Å². The summed E-state index contributed by atoms with van der Waals surface area (Å²) in [7, 11) is -4.47. The summed E-state index contributed by atoms with van der Waals surface area (Å²) in [6.07, 6.45) is 0. The number of hydrogen-bond donors (Lipinski definition) is 3. The van der Waals surface area contributed by atoms with Crippen LogP contribution in [-0.2, 0) is 9.19 Å². The highest BCUT2D eigenvalue weighted by molar-refractivity contribution is 7.46. The first kappa shape index (κ1) is 11.2. The Balaban J connectivity index is 2.73. The van der Waals surface area contributed by atoms with Gasteiger partial charge in [-0.3, -0.25) is 5.48 Å². The molecule has 5 nitrogen and oxygen atoms in total. The van der Waals surface area contributed by atoms with Crippen LogP contribution in [-0.4, -0.2) is 9.79 Å². The van der Waals surface area contributed by atoms with Gasteiger partial charge in [0.05, 0.1) is 5.69 Å². The quantitative estimate of drug-likeness (QED) is 0.531. The Hall–Kier alpha value is -0.870. The zero-order valence-corrected chi connectivity index (χ0v) is 8.78. The lowest BCUT2D eigenvalue weighted by Gasteiger charge is -2.10. The lowest BCUT2D eigenvalue weighted by atomic mass is 10.1. The van der Waals surface area contributed by atoms with E-state index in [0.29, 0.717) is 5.69 Å². The van der Waals surface area contributed by atoms with Gasteiger partial charge in [0.15, 0.2) is 0 Å². The molecule has 78 valence electrons. The number of anilines is 1. The predicted octanol–water partition coefficient (Wildman–Crippen LogP) is 1.74. The molecule has 0 aromatic heterocycles. The van der Waals surface area contributed by atoms with E-state index in [2.05, 4.69) is 10.1 Å². The summed E-state index contributed by atoms with van der Waals surface area (Å²) in [5.41, 5.74) is 4.69. The summed E-state index contributed by atoms with van der Waals surface area (Å²) in [5, 5.41) is 0. The fraction of sp³-hybridized carbons (Fsp3) is 0.250. The Morgan fingerprint density at radius 1 is 1.36 bits per heavy atom. The van der Waals surface area contributed by atoms with Gasteiger partial charge in [0.2, 0.25) is 0 Å². The van der Waals surface area contributed by atoms with Gasteiger partial charge in [-0.05, 0) is 25.5 Å². The van der Waals surface area contributed by atoms with Crippen molar-refractivity contribution in [3.63, 3.8) is 0 Å². The maximum Gasteiger partial charge on any atom is 0.491 e. The number of nitrogens with one attached hydrogen (secondary N) is 1. The lowest BCUT2D eigenvalue weighted by molar-refractivity contribution is 0.233. The van der Waals surface area contributed by atoms with Crippen molar-refractivity contribution >= 4 is 13.5 Å². The second-order valence-electron chi connectivity index (χ2n) is 3.00. The van der Waals surface area contributed by atoms with Crippen LogP contribution in [0.5, 0.6) is 0 Å². The summed E-state index contributed by atoms with van der Waals surface area (Å²) in [4.78, 5) is 16.9. The zero-order valence-electron chi connectivity index (χ0n) is 7.89. The van der Waals surface area contributed by atoms with Gasteiger partial charge in [0.25, 0.3) is 0 Å². The summed E-state index contributed by atoms with van der Waals surface area (Å²) in [5.74, 6) is 0. The van der Waals surface area contributed by atoms with Crippen LogP contribution in [0.2, 0.25) is 0 Å². The molecule has 0 heterocycles. The largest absolute Gasteiger partial charge is 0.491 e. The van der Waals surface area contributed by atoms with Crippen LogP contribution in [0.15, 0.2) is 18.2 Å². The van der Waals surface area contributed by atoms with E-state index in [9.17, 15) is 4.57 Å². The molecule has 0 aliphatic rings. The Morgan fingerprint density at radius 2 is 2.00 bits per heavy atom. The molecule has 0 amide bonds. The number of hydrogen-bond acceptors (Lipinski definition) is 3. The van der Waals surface area contributed by atoms with Crippen molar-refractivity contribution in [2.75, 3.05) is 5.48 Å². The van der Waals surface area contributed by atoms with Crippen molar-refractivity contribution in [2.24, 2.45) is 0 Å². The SMILES string of the molecule is Cc1ccc(NOP(=O)(O)O)c(C)c1. The highest BCUT2D eigenvalue weighted by Gasteiger charge is 2.14. The van der Waals surface area contributed by atoms with Gasteiger partial charge in [-0.1, -0.05) is 17.7 Å². The van der Waals surface area contributed by atoms with Gasteiger partial charge < -0.3 is 9.79 Å². The van der Waals surface area contributed by atoms with Crippen LogP contribution in [0, 0.1) is 13.8 Å². The minimum atomic E-state index is -4.47. The van der Waals surface area contributed by atoms with Crippen molar-refractivity contribution in [3.8, 4) is 0 Å². The molecule has 6 heteroatoms. The third-order valence-electron chi connectivity index (χ3n) is 1.66. The van der Waals surface area contributed by atoms with Gasteiger partial charge in [0, 0.05) is 0 Å². The number of aryl methyl sites for hydroxylation is 2. The molecule has 3 N–H and O–H groups in total. The number of benzene rings is 1. The normalized spacial score (nSPS) is 11.4. The highest BCUT2D eigenvalue weighted by Crippen LogP contribution is 2.36. The second-order valence-corrected chi connectivity index (χ2v) is 4.17. The summed E-state index contributed by atoms with van der Waals surface area (Å²) in [6, 6.07) is 5.39. The molecule has 1 aromatic rings. The van der Waals surface area contributed by atoms with Crippen LogP contribution in [0.3, 0.4) is 0 Å². The van der Waals surface area contributed by atoms with E-state index < -0.39 is 7.82 Å². The topological polar surface area (TPSA) is 78.8 Å². The molecule has 0 fully saturated rings. The van der Waals surface area contributed by atoms with E-state index >= 15 is 0 Å². The van der Waals surface area contributed by atoms with Gasteiger partial charge in [-0.2, -0.15) is 4.62 Å². The molecule has 0 aliphatic carbocycles. The fourth-order valence-corrected chi connectivity index (χ4v) is 1.25. The van der Waals surface area contributed by atoms with E-state index in [-0.39, 0.29) is 0 Å². The van der Waals surface area contributed by atoms with Gasteiger partial charge in [-0.25, -0.2) is 4.57 Å². The lowest BCUT2D eigenvalue weighted by Crippen LogP contribution is -2.00. The monoisotopic (exact) mass is 217 g/mol. The average Bonchev–Trinajstić information content (AvgIpc) is 2.00. The molecule has 0 unspecified atom stereocenters. The van der Waals surface area contributed by atoms with Crippen LogP contribution in [0.1, 0.15) is 11.1 Å². The minimum Gasteiger partial charge on any atom is -0.301 e. The van der Waals surface area contributed by atoms with Gasteiger partial charge in [-0.15, -0.1) is 0 Å². The standard InChI is InChI=1S/C8H12NO4P/c1-6-3-4-8(7(2)5-6)9-13-14(10,11)12/h3-5,9H,1-2H3,(H2,10,11,12). The van der Waals surface area contributed by atoms with Crippen molar-refractivity contribution in [1.82, 2.24) is 0 Å². The molecule has 14 heavy (non-hydrogen) atoms. The predicted molar refractivity (Wildman–Crippen MR) is 52.7 cm³/mol. The summed E-state index contributed by atoms with van der Waals surface area (Å²) in [6.45, 7) is 3.75. The molecular weight excluding hydrogens is 205 g/mol. The fourth-order valence-electron chi connectivity index (χ4n) is 1.04. The maximum absolute atomic E-state index is 10.4. The van der Waals surface area contributed by atoms with Crippen LogP contribution in [0.4, 0.5) is 5.69 Å². The molecule has 0 radical (unpaired) electrons. The molecule has 0 spiro atoms. The average molecular weight is 217 g/mol. The Morgan fingerprint density at radius 3 is 2.50 bits per heavy atom. The first-order valence-electron chi connectivity index (χ1n) is 3.96.